The number of carbonyl (C=O) groups excluding carboxylic acids is 3. The van der Waals surface area contributed by atoms with Crippen molar-refractivity contribution in [1.29, 1.82) is 0 Å². The van der Waals surface area contributed by atoms with Crippen LogP contribution in [0.5, 0.6) is 0 Å². The molecule has 152 valence electrons. The molecule has 0 unspecified atom stereocenters. The van der Waals surface area contributed by atoms with Crippen LogP contribution in [0.4, 0.5) is 10.5 Å². The molecule has 6 nitrogen and oxygen atoms in total. The zero-order chi connectivity index (χ0) is 20.4. The van der Waals surface area contributed by atoms with Crippen LogP contribution in [-0.2, 0) is 9.59 Å². The molecule has 1 saturated heterocycles. The number of hydrogen-bond acceptors (Lipinski definition) is 3. The number of rotatable bonds is 5. The Morgan fingerprint density at radius 3 is 2.55 bits per heavy atom. The summed E-state index contributed by atoms with van der Waals surface area (Å²) < 4.78 is 0. The van der Waals surface area contributed by atoms with Gasteiger partial charge in [-0.1, -0.05) is 55.7 Å². The van der Waals surface area contributed by atoms with Gasteiger partial charge in [-0.25, -0.2) is 4.79 Å². The topological polar surface area (TPSA) is 69.7 Å². The van der Waals surface area contributed by atoms with Crippen molar-refractivity contribution in [3.05, 3.63) is 42.5 Å². The summed E-state index contributed by atoms with van der Waals surface area (Å²) >= 11 is 0. The molecular weight excluding hydrogens is 366 g/mol. The van der Waals surface area contributed by atoms with Crippen molar-refractivity contribution in [2.45, 2.75) is 51.0 Å². The van der Waals surface area contributed by atoms with Crippen molar-refractivity contribution in [2.75, 3.05) is 18.0 Å². The number of nitrogens with one attached hydrogen (secondary N) is 1. The number of nitrogens with zero attached hydrogens (tertiary/aromatic N) is 2. The first-order valence-corrected chi connectivity index (χ1v) is 10.5. The van der Waals surface area contributed by atoms with E-state index in [1.54, 1.807) is 4.90 Å². The molecular formula is C23H27N3O3. The van der Waals surface area contributed by atoms with E-state index >= 15 is 0 Å². The maximum atomic E-state index is 13.0. The van der Waals surface area contributed by atoms with Crippen LogP contribution in [0.3, 0.4) is 0 Å². The van der Waals surface area contributed by atoms with E-state index in [0.29, 0.717) is 19.4 Å². The van der Waals surface area contributed by atoms with Crippen LogP contribution < -0.4 is 10.2 Å². The van der Waals surface area contributed by atoms with E-state index in [-0.39, 0.29) is 30.8 Å². The molecule has 2 aromatic carbocycles. The largest absolute Gasteiger partial charge is 0.325 e. The van der Waals surface area contributed by atoms with Crippen LogP contribution in [0.25, 0.3) is 10.8 Å². The van der Waals surface area contributed by atoms with Gasteiger partial charge in [0.2, 0.25) is 5.91 Å². The first-order chi connectivity index (χ1) is 14.1. The van der Waals surface area contributed by atoms with E-state index in [1.165, 1.54) is 4.90 Å². The lowest BCUT2D eigenvalue weighted by Crippen LogP contribution is -2.48. The second kappa shape index (κ2) is 7.85. The van der Waals surface area contributed by atoms with E-state index in [4.69, 9.17) is 0 Å². The molecule has 1 heterocycles. The molecule has 1 aliphatic heterocycles. The summed E-state index contributed by atoms with van der Waals surface area (Å²) in [4.78, 5) is 41.3. The number of fused-ring (bicyclic) bond motifs is 1. The fourth-order valence-corrected chi connectivity index (χ4v) is 4.64. The van der Waals surface area contributed by atoms with Crippen LogP contribution in [0.2, 0.25) is 0 Å². The number of anilines is 1. The quantitative estimate of drug-likeness (QED) is 0.785. The van der Waals surface area contributed by atoms with E-state index in [1.807, 2.05) is 49.4 Å². The van der Waals surface area contributed by atoms with Crippen molar-refractivity contribution >= 4 is 34.3 Å². The van der Waals surface area contributed by atoms with Crippen LogP contribution in [0, 0.1) is 0 Å². The SMILES string of the molecule is CCN(C(=O)CCN1C(=O)NC2(CCCCC2)C1=O)c1cccc2ccccc12. The maximum Gasteiger partial charge on any atom is 0.325 e. The Morgan fingerprint density at radius 1 is 1.07 bits per heavy atom. The van der Waals surface area contributed by atoms with Gasteiger partial charge in [-0.05, 0) is 31.2 Å². The first kappa shape index (κ1) is 19.4. The van der Waals surface area contributed by atoms with E-state index in [9.17, 15) is 14.4 Å². The summed E-state index contributed by atoms with van der Waals surface area (Å²) in [6, 6.07) is 13.5. The molecule has 0 radical (unpaired) electrons. The average Bonchev–Trinajstić information content (AvgIpc) is 2.96. The summed E-state index contributed by atoms with van der Waals surface area (Å²) in [5, 5.41) is 4.99. The summed E-state index contributed by atoms with van der Waals surface area (Å²) in [5.74, 6) is -0.253. The standard InChI is InChI=1S/C23H27N3O3/c1-2-25(19-12-8-10-17-9-4-5-11-18(17)19)20(27)13-16-26-21(28)23(24-22(26)29)14-6-3-7-15-23/h4-5,8-12H,2-3,6-7,13-16H2,1H3,(H,24,29). The third kappa shape index (κ3) is 3.48. The molecule has 2 aromatic rings. The number of imide groups is 1. The highest BCUT2D eigenvalue weighted by Gasteiger charge is 2.51. The Hall–Kier alpha value is -2.89. The number of benzene rings is 2. The second-order valence-electron chi connectivity index (χ2n) is 7.92. The van der Waals surface area contributed by atoms with Gasteiger partial charge < -0.3 is 10.2 Å². The number of hydrogen-bond donors (Lipinski definition) is 1. The van der Waals surface area contributed by atoms with Crippen LogP contribution in [0.1, 0.15) is 45.4 Å². The van der Waals surface area contributed by atoms with Crippen LogP contribution in [0.15, 0.2) is 42.5 Å². The van der Waals surface area contributed by atoms with Gasteiger partial charge >= 0.3 is 6.03 Å². The van der Waals surface area contributed by atoms with Gasteiger partial charge in [-0.2, -0.15) is 0 Å². The molecule has 0 atom stereocenters. The van der Waals surface area contributed by atoms with Crippen LogP contribution in [-0.4, -0.2) is 41.4 Å². The lowest BCUT2D eigenvalue weighted by Gasteiger charge is -2.30. The average molecular weight is 393 g/mol. The summed E-state index contributed by atoms with van der Waals surface area (Å²) in [5.41, 5.74) is 0.120. The Morgan fingerprint density at radius 2 is 1.79 bits per heavy atom. The Labute approximate surface area is 170 Å². The fourth-order valence-electron chi connectivity index (χ4n) is 4.64. The number of urea groups is 1. The molecule has 4 amide bonds. The third-order valence-corrected chi connectivity index (χ3v) is 6.18. The van der Waals surface area contributed by atoms with Gasteiger partial charge in [0, 0.05) is 24.9 Å². The molecule has 1 aliphatic carbocycles. The molecule has 6 heteroatoms. The van der Waals surface area contributed by atoms with Crippen molar-refractivity contribution in [1.82, 2.24) is 10.2 Å². The zero-order valence-corrected chi connectivity index (χ0v) is 16.8. The van der Waals surface area contributed by atoms with Gasteiger partial charge in [0.15, 0.2) is 0 Å². The predicted octanol–water partition coefficient (Wildman–Crippen LogP) is 3.84. The molecule has 4 rings (SSSR count). The number of carbonyl (C=O) groups is 3. The second-order valence-corrected chi connectivity index (χ2v) is 7.92. The molecule has 29 heavy (non-hydrogen) atoms. The molecule has 1 N–H and O–H groups in total. The van der Waals surface area contributed by atoms with Crippen molar-refractivity contribution in [2.24, 2.45) is 0 Å². The van der Waals surface area contributed by atoms with Crippen molar-refractivity contribution in [3.63, 3.8) is 0 Å². The van der Waals surface area contributed by atoms with Gasteiger partial charge in [0.1, 0.15) is 5.54 Å². The van der Waals surface area contributed by atoms with Crippen molar-refractivity contribution < 1.29 is 14.4 Å². The highest BCUT2D eigenvalue weighted by atomic mass is 16.2. The minimum atomic E-state index is -0.738. The lowest BCUT2D eigenvalue weighted by atomic mass is 9.82. The van der Waals surface area contributed by atoms with Gasteiger partial charge in [-0.3, -0.25) is 14.5 Å². The Kier molecular flexibility index (Phi) is 5.26. The molecule has 2 aliphatic rings. The van der Waals surface area contributed by atoms with Gasteiger partial charge in [0.05, 0.1) is 5.69 Å². The smallest absolute Gasteiger partial charge is 0.323 e. The minimum Gasteiger partial charge on any atom is -0.323 e. The normalized spacial score (nSPS) is 18.3. The monoisotopic (exact) mass is 393 g/mol. The predicted molar refractivity (Wildman–Crippen MR) is 113 cm³/mol. The first-order valence-electron chi connectivity index (χ1n) is 10.5. The van der Waals surface area contributed by atoms with Crippen molar-refractivity contribution in [3.8, 4) is 0 Å². The molecule has 1 saturated carbocycles. The molecule has 2 fully saturated rings. The summed E-state index contributed by atoms with van der Waals surface area (Å²) in [7, 11) is 0. The lowest BCUT2D eigenvalue weighted by molar-refractivity contribution is -0.132. The fraction of sp³-hybridized carbons (Fsp3) is 0.435. The van der Waals surface area contributed by atoms with E-state index < -0.39 is 5.54 Å². The van der Waals surface area contributed by atoms with E-state index in [0.717, 1.165) is 35.7 Å². The Bertz CT molecular complexity index is 944. The summed E-state index contributed by atoms with van der Waals surface area (Å²) in [6.07, 6.45) is 4.50. The van der Waals surface area contributed by atoms with Gasteiger partial charge in [-0.15, -0.1) is 0 Å². The van der Waals surface area contributed by atoms with Crippen LogP contribution >= 0.6 is 0 Å². The third-order valence-electron chi connectivity index (χ3n) is 6.18. The summed E-state index contributed by atoms with van der Waals surface area (Å²) in [6.45, 7) is 2.58. The molecule has 0 aromatic heterocycles. The number of amides is 4. The minimum absolute atomic E-state index is 0.0888. The Balaban J connectivity index is 1.48. The van der Waals surface area contributed by atoms with Gasteiger partial charge in [0.25, 0.3) is 5.91 Å². The maximum absolute atomic E-state index is 13.0. The van der Waals surface area contributed by atoms with E-state index in [2.05, 4.69) is 5.32 Å². The molecule has 0 bridgehead atoms. The highest BCUT2D eigenvalue weighted by molar-refractivity contribution is 6.08. The zero-order valence-electron chi connectivity index (χ0n) is 16.8. The molecule has 1 spiro atoms. The highest BCUT2D eigenvalue weighted by Crippen LogP contribution is 2.34.